The molecule has 2 unspecified atom stereocenters. The van der Waals surface area contributed by atoms with Crippen molar-refractivity contribution < 1.29 is 13.9 Å². The van der Waals surface area contributed by atoms with Crippen molar-refractivity contribution in [1.82, 2.24) is 10.6 Å². The van der Waals surface area contributed by atoms with Gasteiger partial charge in [-0.1, -0.05) is 13.0 Å². The van der Waals surface area contributed by atoms with E-state index in [0.29, 0.717) is 11.5 Å². The van der Waals surface area contributed by atoms with Crippen molar-refractivity contribution >= 4 is 5.91 Å². The molecular formula is C15H21FN2O2. The third kappa shape index (κ3) is 3.70. The highest BCUT2D eigenvalue weighted by atomic mass is 19.1. The van der Waals surface area contributed by atoms with E-state index in [0.717, 1.165) is 19.5 Å². The molecule has 0 bridgehead atoms. The van der Waals surface area contributed by atoms with Gasteiger partial charge in [-0.15, -0.1) is 0 Å². The highest BCUT2D eigenvalue weighted by Gasteiger charge is 2.22. The monoisotopic (exact) mass is 280 g/mol. The molecule has 1 aromatic rings. The van der Waals surface area contributed by atoms with Crippen LogP contribution in [0.3, 0.4) is 0 Å². The third-order valence-corrected chi connectivity index (χ3v) is 3.75. The molecule has 110 valence electrons. The maximum atomic E-state index is 13.6. The Labute approximate surface area is 118 Å². The molecule has 4 nitrogen and oxygen atoms in total. The van der Waals surface area contributed by atoms with Crippen LogP contribution in [0.5, 0.6) is 5.75 Å². The molecule has 0 radical (unpaired) electrons. The molecule has 1 aromatic carbocycles. The van der Waals surface area contributed by atoms with Gasteiger partial charge in [0.05, 0.1) is 13.5 Å². The Morgan fingerprint density at radius 2 is 2.35 bits per heavy atom. The Morgan fingerprint density at radius 3 is 3.00 bits per heavy atom. The van der Waals surface area contributed by atoms with Gasteiger partial charge in [-0.25, -0.2) is 4.39 Å². The lowest BCUT2D eigenvalue weighted by Gasteiger charge is -2.30. The van der Waals surface area contributed by atoms with Crippen molar-refractivity contribution in [3.05, 3.63) is 29.6 Å². The second-order valence-corrected chi connectivity index (χ2v) is 5.29. The highest BCUT2D eigenvalue weighted by Crippen LogP contribution is 2.18. The first-order valence-electron chi connectivity index (χ1n) is 6.92. The van der Waals surface area contributed by atoms with E-state index in [1.807, 2.05) is 0 Å². The first-order chi connectivity index (χ1) is 9.60. The van der Waals surface area contributed by atoms with Crippen LogP contribution in [-0.2, 0) is 11.2 Å². The standard InChI is InChI=1S/C15H21FN2O2/c1-10-5-6-17-9-13(10)18-15(19)8-11-3-4-14(20-2)12(16)7-11/h3-4,7,10,13,17H,5-6,8-9H2,1-2H3,(H,18,19). The number of hydrogen-bond donors (Lipinski definition) is 2. The van der Waals surface area contributed by atoms with Gasteiger partial charge in [-0.05, 0) is 36.6 Å². The summed E-state index contributed by atoms with van der Waals surface area (Å²) in [4.78, 5) is 12.0. The topological polar surface area (TPSA) is 50.4 Å². The first-order valence-corrected chi connectivity index (χ1v) is 6.92. The molecule has 20 heavy (non-hydrogen) atoms. The van der Waals surface area contributed by atoms with Crippen LogP contribution in [-0.4, -0.2) is 32.1 Å². The summed E-state index contributed by atoms with van der Waals surface area (Å²) < 4.78 is 18.4. The number of carbonyl (C=O) groups is 1. The summed E-state index contributed by atoms with van der Waals surface area (Å²) >= 11 is 0. The zero-order valence-corrected chi connectivity index (χ0v) is 11.9. The minimum absolute atomic E-state index is 0.0740. The normalized spacial score (nSPS) is 22.4. The van der Waals surface area contributed by atoms with E-state index in [4.69, 9.17) is 4.74 Å². The maximum Gasteiger partial charge on any atom is 0.224 e. The van der Waals surface area contributed by atoms with Crippen molar-refractivity contribution in [3.63, 3.8) is 0 Å². The van der Waals surface area contributed by atoms with Gasteiger partial charge in [0.2, 0.25) is 5.91 Å². The predicted molar refractivity (Wildman–Crippen MR) is 75.2 cm³/mol. The highest BCUT2D eigenvalue weighted by molar-refractivity contribution is 5.79. The molecule has 2 rings (SSSR count). The van der Waals surface area contributed by atoms with Crippen molar-refractivity contribution in [2.45, 2.75) is 25.8 Å². The average Bonchev–Trinajstić information content (AvgIpc) is 2.41. The summed E-state index contributed by atoms with van der Waals surface area (Å²) in [6.45, 7) is 3.93. The first kappa shape index (κ1) is 14.8. The van der Waals surface area contributed by atoms with Gasteiger partial charge in [0.1, 0.15) is 0 Å². The number of nitrogens with one attached hydrogen (secondary N) is 2. The van der Waals surface area contributed by atoms with E-state index in [1.165, 1.54) is 13.2 Å². The summed E-state index contributed by atoms with van der Waals surface area (Å²) in [5.41, 5.74) is 0.650. The van der Waals surface area contributed by atoms with Gasteiger partial charge in [0.15, 0.2) is 11.6 Å². The summed E-state index contributed by atoms with van der Waals surface area (Å²) in [5.74, 6) is 0.146. The third-order valence-electron chi connectivity index (χ3n) is 3.75. The quantitative estimate of drug-likeness (QED) is 0.878. The average molecular weight is 280 g/mol. The van der Waals surface area contributed by atoms with Crippen LogP contribution in [0.1, 0.15) is 18.9 Å². The van der Waals surface area contributed by atoms with Crippen molar-refractivity contribution in [3.8, 4) is 5.75 Å². The largest absolute Gasteiger partial charge is 0.494 e. The Balaban J connectivity index is 1.92. The Bertz CT molecular complexity index is 479. The second kappa shape index (κ2) is 6.70. The number of rotatable bonds is 4. The minimum Gasteiger partial charge on any atom is -0.494 e. The number of ether oxygens (including phenoxy) is 1. The Hall–Kier alpha value is -1.62. The van der Waals surface area contributed by atoms with Gasteiger partial charge in [0.25, 0.3) is 0 Å². The summed E-state index contributed by atoms with van der Waals surface area (Å²) in [6.07, 6.45) is 1.24. The number of piperidine rings is 1. The molecule has 2 N–H and O–H groups in total. The lowest BCUT2D eigenvalue weighted by molar-refractivity contribution is -0.121. The van der Waals surface area contributed by atoms with Crippen LogP contribution in [0, 0.1) is 11.7 Å². The second-order valence-electron chi connectivity index (χ2n) is 5.29. The van der Waals surface area contributed by atoms with Crippen LogP contribution in [0.25, 0.3) is 0 Å². The summed E-state index contributed by atoms with van der Waals surface area (Å²) in [7, 11) is 1.42. The predicted octanol–water partition coefficient (Wildman–Crippen LogP) is 1.49. The van der Waals surface area contributed by atoms with Gasteiger partial charge in [0, 0.05) is 12.6 Å². The van der Waals surface area contributed by atoms with E-state index < -0.39 is 5.82 Å². The Kier molecular flexibility index (Phi) is 4.95. The van der Waals surface area contributed by atoms with E-state index in [-0.39, 0.29) is 24.1 Å². The van der Waals surface area contributed by atoms with E-state index in [1.54, 1.807) is 12.1 Å². The molecule has 1 amide bonds. The fraction of sp³-hybridized carbons (Fsp3) is 0.533. The number of methoxy groups -OCH3 is 1. The molecule has 1 saturated heterocycles. The van der Waals surface area contributed by atoms with Gasteiger partial charge >= 0.3 is 0 Å². The van der Waals surface area contributed by atoms with Crippen molar-refractivity contribution in [2.75, 3.05) is 20.2 Å². The van der Waals surface area contributed by atoms with E-state index >= 15 is 0 Å². The summed E-state index contributed by atoms with van der Waals surface area (Å²) in [6, 6.07) is 4.76. The molecule has 0 spiro atoms. The number of hydrogen-bond acceptors (Lipinski definition) is 3. The number of benzene rings is 1. The molecule has 1 aliphatic heterocycles. The van der Waals surface area contributed by atoms with Gasteiger partial charge < -0.3 is 15.4 Å². The molecule has 0 aromatic heterocycles. The lowest BCUT2D eigenvalue weighted by Crippen LogP contribution is -2.50. The van der Waals surface area contributed by atoms with Gasteiger partial charge in [-0.2, -0.15) is 0 Å². The van der Waals surface area contributed by atoms with Gasteiger partial charge in [-0.3, -0.25) is 4.79 Å². The zero-order valence-electron chi connectivity index (χ0n) is 11.9. The van der Waals surface area contributed by atoms with Crippen molar-refractivity contribution in [1.29, 1.82) is 0 Å². The molecule has 5 heteroatoms. The molecule has 0 saturated carbocycles. The lowest BCUT2D eigenvalue weighted by atomic mass is 9.94. The summed E-state index contributed by atoms with van der Waals surface area (Å²) in [5, 5.41) is 6.28. The molecular weight excluding hydrogens is 259 g/mol. The molecule has 1 aliphatic rings. The van der Waals surface area contributed by atoms with E-state index in [9.17, 15) is 9.18 Å². The molecule has 0 aliphatic carbocycles. The molecule has 1 fully saturated rings. The number of halogens is 1. The van der Waals surface area contributed by atoms with E-state index in [2.05, 4.69) is 17.6 Å². The smallest absolute Gasteiger partial charge is 0.224 e. The van der Waals surface area contributed by atoms with Crippen LogP contribution in [0.2, 0.25) is 0 Å². The minimum atomic E-state index is -0.439. The van der Waals surface area contributed by atoms with Crippen molar-refractivity contribution in [2.24, 2.45) is 5.92 Å². The molecule has 1 heterocycles. The Morgan fingerprint density at radius 1 is 1.55 bits per heavy atom. The van der Waals surface area contributed by atoms with Crippen LogP contribution in [0.4, 0.5) is 4.39 Å². The number of amides is 1. The SMILES string of the molecule is COc1ccc(CC(=O)NC2CNCCC2C)cc1F. The maximum absolute atomic E-state index is 13.6. The fourth-order valence-corrected chi connectivity index (χ4v) is 2.45. The van der Waals surface area contributed by atoms with Crippen LogP contribution < -0.4 is 15.4 Å². The van der Waals surface area contributed by atoms with Crippen LogP contribution in [0.15, 0.2) is 18.2 Å². The molecule has 2 atom stereocenters. The zero-order chi connectivity index (χ0) is 14.5. The van der Waals surface area contributed by atoms with Crippen LogP contribution >= 0.6 is 0 Å². The number of carbonyl (C=O) groups excluding carboxylic acids is 1. The fourth-order valence-electron chi connectivity index (χ4n) is 2.45.